The third-order valence-electron chi connectivity index (χ3n) is 3.94. The highest BCUT2D eigenvalue weighted by atomic mass is 16.5. The Kier molecular flexibility index (Phi) is 5.49. The molecule has 120 valence electrons. The first-order chi connectivity index (χ1) is 9.43. The molecule has 0 aliphatic heterocycles. The largest absolute Gasteiger partial charge is 0.492 e. The lowest BCUT2D eigenvalue weighted by Crippen LogP contribution is -2.33. The van der Waals surface area contributed by atoms with E-state index in [-0.39, 0.29) is 16.9 Å². The molecule has 0 radical (unpaired) electrons. The van der Waals surface area contributed by atoms with Crippen molar-refractivity contribution in [3.05, 3.63) is 29.3 Å². The van der Waals surface area contributed by atoms with Gasteiger partial charge in [0.05, 0.1) is 0 Å². The van der Waals surface area contributed by atoms with Gasteiger partial charge in [0.1, 0.15) is 12.4 Å². The third-order valence-corrected chi connectivity index (χ3v) is 3.94. The van der Waals surface area contributed by atoms with Gasteiger partial charge in [0.2, 0.25) is 0 Å². The van der Waals surface area contributed by atoms with Crippen LogP contribution in [0.2, 0.25) is 0 Å². The lowest BCUT2D eigenvalue weighted by molar-refractivity contribution is 0.254. The van der Waals surface area contributed by atoms with E-state index >= 15 is 0 Å². The molecule has 0 saturated heterocycles. The fourth-order valence-corrected chi connectivity index (χ4v) is 2.09. The Morgan fingerprint density at radius 2 is 1.57 bits per heavy atom. The second-order valence-electron chi connectivity index (χ2n) is 8.43. The molecule has 1 unspecified atom stereocenters. The molecule has 0 saturated carbocycles. The SMILES string of the molecule is CC(C)C(N)COc1ccc(C(C)(C)C)cc1C(C)(C)C. The summed E-state index contributed by atoms with van der Waals surface area (Å²) in [4.78, 5) is 0. The normalized spacial score (nSPS) is 14.4. The van der Waals surface area contributed by atoms with E-state index in [2.05, 4.69) is 73.6 Å². The zero-order valence-electron chi connectivity index (χ0n) is 15.1. The van der Waals surface area contributed by atoms with Crippen molar-refractivity contribution in [2.75, 3.05) is 6.61 Å². The van der Waals surface area contributed by atoms with Crippen molar-refractivity contribution in [3.63, 3.8) is 0 Å². The molecule has 21 heavy (non-hydrogen) atoms. The van der Waals surface area contributed by atoms with E-state index < -0.39 is 0 Å². The number of hydrogen-bond donors (Lipinski definition) is 1. The Morgan fingerprint density at radius 1 is 1.00 bits per heavy atom. The maximum absolute atomic E-state index is 6.10. The first kappa shape index (κ1) is 18.0. The van der Waals surface area contributed by atoms with Gasteiger partial charge in [0, 0.05) is 6.04 Å². The van der Waals surface area contributed by atoms with E-state index in [4.69, 9.17) is 10.5 Å². The third kappa shape index (κ3) is 5.03. The minimum atomic E-state index is 0.0541. The van der Waals surface area contributed by atoms with Gasteiger partial charge in [0.15, 0.2) is 0 Å². The molecule has 0 heterocycles. The van der Waals surface area contributed by atoms with Gasteiger partial charge >= 0.3 is 0 Å². The second-order valence-corrected chi connectivity index (χ2v) is 8.43. The molecule has 1 atom stereocenters. The van der Waals surface area contributed by atoms with Crippen LogP contribution in [0.15, 0.2) is 18.2 Å². The maximum Gasteiger partial charge on any atom is 0.123 e. The summed E-state index contributed by atoms with van der Waals surface area (Å²) in [7, 11) is 0. The molecule has 0 spiro atoms. The molecule has 0 aliphatic rings. The molecule has 0 amide bonds. The zero-order valence-corrected chi connectivity index (χ0v) is 15.1. The molecule has 2 N–H and O–H groups in total. The van der Waals surface area contributed by atoms with Crippen molar-refractivity contribution in [2.45, 2.75) is 72.3 Å². The molecular weight excluding hydrogens is 258 g/mol. The monoisotopic (exact) mass is 291 g/mol. The molecule has 0 aliphatic carbocycles. The van der Waals surface area contributed by atoms with Gasteiger partial charge in [-0.05, 0) is 33.9 Å². The lowest BCUT2D eigenvalue weighted by atomic mass is 9.80. The molecule has 1 rings (SSSR count). The maximum atomic E-state index is 6.10. The molecule has 0 fully saturated rings. The van der Waals surface area contributed by atoms with Crippen molar-refractivity contribution in [2.24, 2.45) is 11.7 Å². The van der Waals surface area contributed by atoms with Crippen molar-refractivity contribution < 1.29 is 4.74 Å². The fraction of sp³-hybridized carbons (Fsp3) is 0.684. The van der Waals surface area contributed by atoms with E-state index in [1.54, 1.807) is 0 Å². The minimum absolute atomic E-state index is 0.0541. The van der Waals surface area contributed by atoms with Crippen LogP contribution >= 0.6 is 0 Å². The van der Waals surface area contributed by atoms with Crippen molar-refractivity contribution >= 4 is 0 Å². The first-order valence-corrected chi connectivity index (χ1v) is 7.96. The summed E-state index contributed by atoms with van der Waals surface area (Å²) in [6.45, 7) is 18.2. The van der Waals surface area contributed by atoms with Crippen LogP contribution < -0.4 is 10.5 Å². The van der Waals surface area contributed by atoms with Gasteiger partial charge in [0.25, 0.3) is 0 Å². The van der Waals surface area contributed by atoms with Crippen LogP contribution in [-0.2, 0) is 10.8 Å². The summed E-state index contributed by atoms with van der Waals surface area (Å²) >= 11 is 0. The fourth-order valence-electron chi connectivity index (χ4n) is 2.09. The van der Waals surface area contributed by atoms with Crippen molar-refractivity contribution in [1.82, 2.24) is 0 Å². The summed E-state index contributed by atoms with van der Waals surface area (Å²) in [5.74, 6) is 1.39. The molecule has 0 bridgehead atoms. The summed E-state index contributed by atoms with van der Waals surface area (Å²) < 4.78 is 6.03. The Labute approximate surface area is 131 Å². The number of ether oxygens (including phenoxy) is 1. The average Bonchev–Trinajstić information content (AvgIpc) is 2.33. The van der Waals surface area contributed by atoms with Crippen molar-refractivity contribution in [3.8, 4) is 5.75 Å². The summed E-state index contributed by atoms with van der Waals surface area (Å²) in [6, 6.07) is 6.63. The van der Waals surface area contributed by atoms with E-state index in [0.29, 0.717) is 12.5 Å². The van der Waals surface area contributed by atoms with Crippen LogP contribution in [0.5, 0.6) is 5.75 Å². The van der Waals surface area contributed by atoms with E-state index in [1.807, 2.05) is 0 Å². The Balaban J connectivity index is 3.09. The van der Waals surface area contributed by atoms with Gasteiger partial charge in [-0.1, -0.05) is 67.5 Å². The topological polar surface area (TPSA) is 35.2 Å². The summed E-state index contributed by atoms with van der Waals surface area (Å²) in [6.07, 6.45) is 0. The summed E-state index contributed by atoms with van der Waals surface area (Å²) in [5.41, 5.74) is 8.89. The summed E-state index contributed by atoms with van der Waals surface area (Å²) in [5, 5.41) is 0. The quantitative estimate of drug-likeness (QED) is 0.877. The van der Waals surface area contributed by atoms with Gasteiger partial charge in [-0.15, -0.1) is 0 Å². The number of nitrogens with two attached hydrogens (primary N) is 1. The standard InChI is InChI=1S/C19H33NO/c1-13(2)16(20)12-21-17-10-9-14(18(3,4)5)11-15(17)19(6,7)8/h9-11,13,16H,12,20H2,1-8H3. The highest BCUT2D eigenvalue weighted by Gasteiger charge is 2.23. The molecule has 1 aromatic carbocycles. The van der Waals surface area contributed by atoms with E-state index in [0.717, 1.165) is 5.75 Å². The zero-order chi connectivity index (χ0) is 16.4. The predicted molar refractivity (Wildman–Crippen MR) is 92.2 cm³/mol. The predicted octanol–water partition coefficient (Wildman–Crippen LogP) is 4.64. The van der Waals surface area contributed by atoms with Crippen LogP contribution in [0.25, 0.3) is 0 Å². The molecule has 2 nitrogen and oxygen atoms in total. The van der Waals surface area contributed by atoms with Crippen LogP contribution in [0, 0.1) is 5.92 Å². The van der Waals surface area contributed by atoms with Gasteiger partial charge in [-0.2, -0.15) is 0 Å². The Bertz CT molecular complexity index is 463. The molecule has 2 heteroatoms. The molecule has 0 aromatic heterocycles. The molecule has 1 aromatic rings. The average molecular weight is 291 g/mol. The van der Waals surface area contributed by atoms with Crippen LogP contribution in [0.1, 0.15) is 66.5 Å². The van der Waals surface area contributed by atoms with Gasteiger partial charge in [-0.25, -0.2) is 0 Å². The first-order valence-electron chi connectivity index (χ1n) is 7.96. The minimum Gasteiger partial charge on any atom is -0.492 e. The highest BCUT2D eigenvalue weighted by molar-refractivity contribution is 5.43. The Morgan fingerprint density at radius 3 is 2.00 bits per heavy atom. The highest BCUT2D eigenvalue weighted by Crippen LogP contribution is 2.35. The smallest absolute Gasteiger partial charge is 0.123 e. The number of hydrogen-bond acceptors (Lipinski definition) is 2. The number of benzene rings is 1. The van der Waals surface area contributed by atoms with E-state index in [1.165, 1.54) is 11.1 Å². The van der Waals surface area contributed by atoms with Gasteiger partial charge in [-0.3, -0.25) is 0 Å². The number of rotatable bonds is 4. The van der Waals surface area contributed by atoms with Crippen LogP contribution in [0.4, 0.5) is 0 Å². The van der Waals surface area contributed by atoms with Crippen LogP contribution in [0.3, 0.4) is 0 Å². The van der Waals surface area contributed by atoms with E-state index in [9.17, 15) is 0 Å². The second kappa shape index (κ2) is 6.39. The van der Waals surface area contributed by atoms with Crippen molar-refractivity contribution in [1.29, 1.82) is 0 Å². The van der Waals surface area contributed by atoms with Crippen LogP contribution in [-0.4, -0.2) is 12.6 Å². The van der Waals surface area contributed by atoms with Gasteiger partial charge < -0.3 is 10.5 Å². The Hall–Kier alpha value is -1.02. The lowest BCUT2D eigenvalue weighted by Gasteiger charge is -2.28. The molecular formula is C19H33NO.